The van der Waals surface area contributed by atoms with Crippen LogP contribution in [0.4, 0.5) is 0 Å². The minimum atomic E-state index is -0.528. The number of hydrogen-bond donors (Lipinski definition) is 2. The summed E-state index contributed by atoms with van der Waals surface area (Å²) in [5.41, 5.74) is 11.4. The minimum absolute atomic E-state index is 0.329. The second kappa shape index (κ2) is 6.26. The van der Waals surface area contributed by atoms with E-state index in [1.54, 1.807) is 12.1 Å². The summed E-state index contributed by atoms with van der Waals surface area (Å²) in [6.45, 7) is 1.26. The summed E-state index contributed by atoms with van der Waals surface area (Å²) < 4.78 is 5.75. The van der Waals surface area contributed by atoms with E-state index in [1.807, 2.05) is 0 Å². The maximum absolute atomic E-state index is 11.4. The van der Waals surface area contributed by atoms with Crippen LogP contribution in [-0.4, -0.2) is 19.1 Å². The lowest BCUT2D eigenvalue weighted by molar-refractivity contribution is 0.0994. The Morgan fingerprint density at radius 3 is 2.79 bits per heavy atom. The summed E-state index contributed by atoms with van der Waals surface area (Å²) in [5.74, 6) is 0.949. The third kappa shape index (κ3) is 3.39. The highest BCUT2D eigenvalue weighted by atomic mass is 35.5. The zero-order valence-corrected chi connectivity index (χ0v) is 11.5. The fourth-order valence-corrected chi connectivity index (χ4v) is 2.83. The van der Waals surface area contributed by atoms with Gasteiger partial charge < -0.3 is 16.2 Å². The van der Waals surface area contributed by atoms with E-state index < -0.39 is 5.91 Å². The molecular weight excluding hydrogens is 264 g/mol. The molecule has 0 spiro atoms. The SMILES string of the molecule is NCC1CCCC1COc1ccc(Cl)cc1C(N)=O. The van der Waals surface area contributed by atoms with Gasteiger partial charge >= 0.3 is 0 Å². The molecule has 19 heavy (non-hydrogen) atoms. The Bertz CT molecular complexity index is 465. The largest absolute Gasteiger partial charge is 0.492 e. The van der Waals surface area contributed by atoms with Crippen molar-refractivity contribution in [1.29, 1.82) is 0 Å². The van der Waals surface area contributed by atoms with Crippen LogP contribution in [-0.2, 0) is 0 Å². The number of carbonyl (C=O) groups excluding carboxylic acids is 1. The summed E-state index contributed by atoms with van der Waals surface area (Å²) in [6, 6.07) is 4.92. The van der Waals surface area contributed by atoms with Gasteiger partial charge in [0.1, 0.15) is 5.75 Å². The smallest absolute Gasteiger partial charge is 0.252 e. The monoisotopic (exact) mass is 282 g/mol. The predicted octanol–water partition coefficient (Wildman–Crippen LogP) is 2.19. The van der Waals surface area contributed by atoms with Crippen LogP contribution in [0.2, 0.25) is 5.02 Å². The number of nitrogens with two attached hydrogens (primary N) is 2. The molecule has 1 aliphatic rings. The molecule has 5 heteroatoms. The zero-order chi connectivity index (χ0) is 13.8. The maximum atomic E-state index is 11.4. The summed E-state index contributed by atoms with van der Waals surface area (Å²) in [7, 11) is 0. The lowest BCUT2D eigenvalue weighted by atomic mass is 9.97. The Labute approximate surface area is 118 Å². The van der Waals surface area contributed by atoms with Gasteiger partial charge in [-0.15, -0.1) is 0 Å². The summed E-state index contributed by atoms with van der Waals surface area (Å²) in [5, 5.41) is 0.474. The Kier molecular flexibility index (Phi) is 4.66. The number of hydrogen-bond acceptors (Lipinski definition) is 3. The highest BCUT2D eigenvalue weighted by molar-refractivity contribution is 6.31. The van der Waals surface area contributed by atoms with Gasteiger partial charge in [0.25, 0.3) is 5.91 Å². The van der Waals surface area contributed by atoms with Gasteiger partial charge in [0.15, 0.2) is 0 Å². The van der Waals surface area contributed by atoms with Crippen LogP contribution in [0, 0.1) is 11.8 Å². The fourth-order valence-electron chi connectivity index (χ4n) is 2.66. The Balaban J connectivity index is 2.05. The number of halogens is 1. The van der Waals surface area contributed by atoms with Crippen molar-refractivity contribution in [3.05, 3.63) is 28.8 Å². The topological polar surface area (TPSA) is 78.3 Å². The van der Waals surface area contributed by atoms with Crippen LogP contribution in [0.1, 0.15) is 29.6 Å². The summed E-state index contributed by atoms with van der Waals surface area (Å²) >= 11 is 5.85. The first-order valence-corrected chi connectivity index (χ1v) is 6.92. The average Bonchev–Trinajstić information content (AvgIpc) is 2.84. The van der Waals surface area contributed by atoms with E-state index in [0.29, 0.717) is 41.3 Å². The van der Waals surface area contributed by atoms with Crippen molar-refractivity contribution >= 4 is 17.5 Å². The van der Waals surface area contributed by atoms with E-state index >= 15 is 0 Å². The molecule has 1 aliphatic carbocycles. The Morgan fingerprint density at radius 1 is 1.37 bits per heavy atom. The third-order valence-corrected chi connectivity index (χ3v) is 4.01. The van der Waals surface area contributed by atoms with Crippen molar-refractivity contribution in [1.82, 2.24) is 0 Å². The first-order valence-electron chi connectivity index (χ1n) is 6.54. The van der Waals surface area contributed by atoms with Gasteiger partial charge in [-0.1, -0.05) is 18.0 Å². The number of rotatable bonds is 5. The lowest BCUT2D eigenvalue weighted by Gasteiger charge is -2.19. The molecule has 4 nitrogen and oxygen atoms in total. The van der Waals surface area contributed by atoms with E-state index in [1.165, 1.54) is 12.5 Å². The molecule has 1 amide bonds. The van der Waals surface area contributed by atoms with E-state index in [0.717, 1.165) is 12.8 Å². The van der Waals surface area contributed by atoms with E-state index in [-0.39, 0.29) is 0 Å². The fraction of sp³-hybridized carbons (Fsp3) is 0.500. The average molecular weight is 283 g/mol. The standard InChI is InChI=1S/C14H19ClN2O2/c15-11-4-5-13(12(6-11)14(17)18)19-8-10-3-1-2-9(10)7-16/h4-6,9-10H,1-3,7-8,16H2,(H2,17,18). The molecule has 1 fully saturated rings. The summed E-state index contributed by atoms with van der Waals surface area (Å²) in [6.07, 6.45) is 3.48. The van der Waals surface area contributed by atoms with E-state index in [2.05, 4.69) is 0 Å². The maximum Gasteiger partial charge on any atom is 0.252 e. The molecule has 1 aromatic carbocycles. The van der Waals surface area contributed by atoms with Crippen LogP contribution >= 0.6 is 11.6 Å². The number of carbonyl (C=O) groups is 1. The molecule has 0 saturated heterocycles. The molecule has 0 bridgehead atoms. The molecule has 2 rings (SSSR count). The van der Waals surface area contributed by atoms with Gasteiger partial charge in [-0.3, -0.25) is 4.79 Å². The molecule has 0 aliphatic heterocycles. The number of benzene rings is 1. The third-order valence-electron chi connectivity index (χ3n) is 3.78. The van der Waals surface area contributed by atoms with Gasteiger partial charge in [0, 0.05) is 5.02 Å². The Morgan fingerprint density at radius 2 is 2.11 bits per heavy atom. The number of amides is 1. The van der Waals surface area contributed by atoms with Crippen molar-refractivity contribution in [2.75, 3.05) is 13.2 Å². The molecule has 0 aromatic heterocycles. The van der Waals surface area contributed by atoms with Gasteiger partial charge in [0.2, 0.25) is 0 Å². The number of primary amides is 1. The minimum Gasteiger partial charge on any atom is -0.492 e. The second-order valence-corrected chi connectivity index (χ2v) is 5.44. The first-order chi connectivity index (χ1) is 9.11. The van der Waals surface area contributed by atoms with Crippen LogP contribution < -0.4 is 16.2 Å². The molecule has 2 unspecified atom stereocenters. The molecule has 0 radical (unpaired) electrons. The van der Waals surface area contributed by atoms with Crippen molar-refractivity contribution in [3.63, 3.8) is 0 Å². The molecule has 4 N–H and O–H groups in total. The van der Waals surface area contributed by atoms with Gasteiger partial charge in [-0.05, 0) is 49.4 Å². The lowest BCUT2D eigenvalue weighted by Crippen LogP contribution is -2.24. The molecule has 1 aromatic rings. The van der Waals surface area contributed by atoms with E-state index in [4.69, 9.17) is 27.8 Å². The van der Waals surface area contributed by atoms with Gasteiger partial charge in [-0.2, -0.15) is 0 Å². The molecule has 104 valence electrons. The molecular formula is C14H19ClN2O2. The van der Waals surface area contributed by atoms with E-state index in [9.17, 15) is 4.79 Å². The molecule has 2 atom stereocenters. The van der Waals surface area contributed by atoms with Crippen LogP contribution in [0.15, 0.2) is 18.2 Å². The van der Waals surface area contributed by atoms with Crippen molar-refractivity contribution in [2.45, 2.75) is 19.3 Å². The first kappa shape index (κ1) is 14.2. The predicted molar refractivity (Wildman–Crippen MR) is 75.4 cm³/mol. The van der Waals surface area contributed by atoms with Crippen molar-refractivity contribution in [3.8, 4) is 5.75 Å². The van der Waals surface area contributed by atoms with Gasteiger partial charge in [-0.25, -0.2) is 0 Å². The highest BCUT2D eigenvalue weighted by Gasteiger charge is 2.26. The van der Waals surface area contributed by atoms with Crippen molar-refractivity contribution < 1.29 is 9.53 Å². The van der Waals surface area contributed by atoms with Crippen LogP contribution in [0.25, 0.3) is 0 Å². The second-order valence-electron chi connectivity index (χ2n) is 5.00. The van der Waals surface area contributed by atoms with Crippen molar-refractivity contribution in [2.24, 2.45) is 23.3 Å². The molecule has 0 heterocycles. The van der Waals surface area contributed by atoms with Crippen LogP contribution in [0.5, 0.6) is 5.75 Å². The zero-order valence-electron chi connectivity index (χ0n) is 10.8. The highest BCUT2D eigenvalue weighted by Crippen LogP contribution is 2.32. The quantitative estimate of drug-likeness (QED) is 0.869. The Hall–Kier alpha value is -1.26. The van der Waals surface area contributed by atoms with Gasteiger partial charge in [0.05, 0.1) is 12.2 Å². The summed E-state index contributed by atoms with van der Waals surface area (Å²) in [4.78, 5) is 11.4. The number of ether oxygens (including phenoxy) is 1. The van der Waals surface area contributed by atoms with Crippen LogP contribution in [0.3, 0.4) is 0 Å². The molecule has 1 saturated carbocycles. The normalized spacial score (nSPS) is 22.4.